The summed E-state index contributed by atoms with van der Waals surface area (Å²) in [5.74, 6) is 0.631. The highest BCUT2D eigenvalue weighted by Gasteiger charge is 2.33. The number of amides is 3. The lowest BCUT2D eigenvalue weighted by Gasteiger charge is -2.29. The lowest BCUT2D eigenvalue weighted by atomic mass is 10.0. The highest BCUT2D eigenvalue weighted by molar-refractivity contribution is 6.02. The van der Waals surface area contributed by atoms with Gasteiger partial charge in [-0.15, -0.1) is 0 Å². The molecule has 0 aromatic carbocycles. The molecule has 5 heterocycles. The number of nitrogens with one attached hydrogen (secondary N) is 1. The Morgan fingerprint density at radius 2 is 2.08 bits per heavy atom. The van der Waals surface area contributed by atoms with Crippen LogP contribution in [0.25, 0.3) is 0 Å². The summed E-state index contributed by atoms with van der Waals surface area (Å²) >= 11 is 0. The maximum atomic E-state index is 13.4. The van der Waals surface area contributed by atoms with Gasteiger partial charge in [-0.05, 0) is 30.9 Å². The first kappa shape index (κ1) is 26.5. The second-order valence-electron chi connectivity index (χ2n) is 9.88. The van der Waals surface area contributed by atoms with Gasteiger partial charge < -0.3 is 19.3 Å². The number of aromatic nitrogens is 2. The van der Waals surface area contributed by atoms with Crippen molar-refractivity contribution in [3.63, 3.8) is 0 Å². The van der Waals surface area contributed by atoms with Crippen LogP contribution in [-0.4, -0.2) is 85.7 Å². The molecule has 0 aliphatic carbocycles. The SMILES string of the molecule is COC1CCN(Cc2cc3c(nc2C=O)N(C(=O)Nc2cc(N4CC[C@H](OC)C4)c(C#N)cn2)CCC3)C1=O. The summed E-state index contributed by atoms with van der Waals surface area (Å²) in [6, 6.07) is 5.32. The van der Waals surface area contributed by atoms with Crippen molar-refractivity contribution >= 4 is 35.5 Å². The first-order chi connectivity index (χ1) is 18.9. The normalized spacial score (nSPS) is 20.6. The summed E-state index contributed by atoms with van der Waals surface area (Å²) in [7, 11) is 3.18. The van der Waals surface area contributed by atoms with Gasteiger partial charge in [0.1, 0.15) is 29.5 Å². The molecule has 12 nitrogen and oxygen atoms in total. The van der Waals surface area contributed by atoms with E-state index >= 15 is 0 Å². The minimum atomic E-state index is -0.460. The number of rotatable bonds is 7. The molecule has 2 aromatic heterocycles. The molecule has 0 radical (unpaired) electrons. The maximum absolute atomic E-state index is 13.4. The molecule has 2 saturated heterocycles. The lowest BCUT2D eigenvalue weighted by molar-refractivity contribution is -0.136. The largest absolute Gasteiger partial charge is 0.380 e. The molecule has 2 atom stereocenters. The summed E-state index contributed by atoms with van der Waals surface area (Å²) in [6.45, 7) is 2.62. The lowest BCUT2D eigenvalue weighted by Crippen LogP contribution is -2.40. The number of fused-ring (bicyclic) bond motifs is 1. The fourth-order valence-corrected chi connectivity index (χ4v) is 5.45. The summed E-state index contributed by atoms with van der Waals surface area (Å²) in [6.07, 6.45) is 4.61. The van der Waals surface area contributed by atoms with Crippen molar-refractivity contribution in [1.82, 2.24) is 14.9 Å². The number of anilines is 3. The number of ether oxygens (including phenoxy) is 2. The number of aldehydes is 1. The van der Waals surface area contributed by atoms with E-state index in [1.54, 1.807) is 18.1 Å². The van der Waals surface area contributed by atoms with Crippen molar-refractivity contribution in [2.24, 2.45) is 0 Å². The fourth-order valence-electron chi connectivity index (χ4n) is 5.45. The number of carbonyl (C=O) groups excluding carboxylic acids is 3. The van der Waals surface area contributed by atoms with Crippen LogP contribution >= 0.6 is 0 Å². The number of urea groups is 1. The average molecular weight is 534 g/mol. The van der Waals surface area contributed by atoms with Crippen LogP contribution in [0.4, 0.5) is 22.1 Å². The number of nitrogens with zero attached hydrogens (tertiary/aromatic N) is 6. The predicted molar refractivity (Wildman–Crippen MR) is 142 cm³/mol. The van der Waals surface area contributed by atoms with Gasteiger partial charge in [0, 0.05) is 71.2 Å². The highest BCUT2D eigenvalue weighted by Crippen LogP contribution is 2.30. The molecule has 3 aliphatic rings. The van der Waals surface area contributed by atoms with Gasteiger partial charge >= 0.3 is 6.03 Å². The molecule has 0 bridgehead atoms. The van der Waals surface area contributed by atoms with E-state index in [0.29, 0.717) is 73.6 Å². The molecule has 3 amide bonds. The highest BCUT2D eigenvalue weighted by atomic mass is 16.5. The number of likely N-dealkylation sites (tertiary alicyclic amines) is 1. The van der Waals surface area contributed by atoms with E-state index in [1.807, 2.05) is 6.07 Å². The zero-order valence-corrected chi connectivity index (χ0v) is 22.1. The van der Waals surface area contributed by atoms with E-state index < -0.39 is 12.1 Å². The van der Waals surface area contributed by atoms with E-state index in [9.17, 15) is 19.6 Å². The molecule has 0 saturated carbocycles. The van der Waals surface area contributed by atoms with Crippen molar-refractivity contribution in [1.29, 1.82) is 5.26 Å². The molecule has 2 fully saturated rings. The molecule has 5 rings (SSSR count). The van der Waals surface area contributed by atoms with E-state index in [-0.39, 0.29) is 24.2 Å². The number of hydrogen-bond donors (Lipinski definition) is 1. The first-order valence-corrected chi connectivity index (χ1v) is 13.0. The zero-order valence-electron chi connectivity index (χ0n) is 22.1. The monoisotopic (exact) mass is 533 g/mol. The molecule has 3 aliphatic heterocycles. The number of carbonyl (C=O) groups is 3. The van der Waals surface area contributed by atoms with E-state index in [4.69, 9.17) is 9.47 Å². The third kappa shape index (κ3) is 5.28. The van der Waals surface area contributed by atoms with Crippen molar-refractivity contribution in [3.8, 4) is 6.07 Å². The molecule has 0 spiro atoms. The summed E-state index contributed by atoms with van der Waals surface area (Å²) in [4.78, 5) is 51.9. The molecule has 204 valence electrons. The van der Waals surface area contributed by atoms with Crippen LogP contribution < -0.4 is 15.1 Å². The third-order valence-corrected chi connectivity index (χ3v) is 7.58. The first-order valence-electron chi connectivity index (χ1n) is 13.0. The minimum absolute atomic E-state index is 0.0839. The Morgan fingerprint density at radius 1 is 1.23 bits per heavy atom. The Kier molecular flexibility index (Phi) is 7.72. The van der Waals surface area contributed by atoms with E-state index in [0.717, 1.165) is 18.5 Å². The van der Waals surface area contributed by atoms with Crippen LogP contribution in [0, 0.1) is 11.3 Å². The van der Waals surface area contributed by atoms with Crippen molar-refractivity contribution in [2.75, 3.05) is 55.5 Å². The smallest absolute Gasteiger partial charge is 0.328 e. The van der Waals surface area contributed by atoms with Crippen molar-refractivity contribution < 1.29 is 23.9 Å². The van der Waals surface area contributed by atoms with Crippen LogP contribution in [0.15, 0.2) is 18.3 Å². The summed E-state index contributed by atoms with van der Waals surface area (Å²) in [5.41, 5.74) is 2.80. The van der Waals surface area contributed by atoms with Crippen LogP contribution in [0.2, 0.25) is 0 Å². The van der Waals surface area contributed by atoms with Gasteiger partial charge in [0.25, 0.3) is 5.91 Å². The summed E-state index contributed by atoms with van der Waals surface area (Å²) in [5, 5.41) is 12.4. The zero-order chi connectivity index (χ0) is 27.5. The van der Waals surface area contributed by atoms with Crippen LogP contribution in [-0.2, 0) is 27.2 Å². The number of methoxy groups -OCH3 is 2. The molecule has 39 heavy (non-hydrogen) atoms. The Hall–Kier alpha value is -4.08. The Bertz CT molecular complexity index is 1330. The van der Waals surface area contributed by atoms with Crippen LogP contribution in [0.3, 0.4) is 0 Å². The molecule has 1 unspecified atom stereocenters. The van der Waals surface area contributed by atoms with Crippen LogP contribution in [0.5, 0.6) is 0 Å². The van der Waals surface area contributed by atoms with Crippen molar-refractivity contribution in [2.45, 2.75) is 44.4 Å². The molecule has 12 heteroatoms. The van der Waals surface area contributed by atoms with Gasteiger partial charge in [-0.3, -0.25) is 19.8 Å². The van der Waals surface area contributed by atoms with Gasteiger partial charge in [-0.2, -0.15) is 5.26 Å². The minimum Gasteiger partial charge on any atom is -0.380 e. The average Bonchev–Trinajstić information content (AvgIpc) is 3.58. The predicted octanol–water partition coefficient (Wildman–Crippen LogP) is 2.12. The standard InChI is InChI=1S/C27H31N7O5/c1-38-20-5-8-32(15-20)22-11-24(29-13-19(22)12-28)31-27(37)34-7-3-4-17-10-18(21(16-35)30-25(17)34)14-33-9-6-23(39-2)26(33)36/h10-11,13,16,20,23H,3-9,14-15H2,1-2H3,(H,29,31,37)/t20-,23?/m0/s1. The third-order valence-electron chi connectivity index (χ3n) is 7.58. The van der Waals surface area contributed by atoms with Crippen molar-refractivity contribution in [3.05, 3.63) is 40.7 Å². The van der Waals surface area contributed by atoms with Gasteiger partial charge in [0.2, 0.25) is 0 Å². The molecule has 1 N–H and O–H groups in total. The maximum Gasteiger partial charge on any atom is 0.328 e. The van der Waals surface area contributed by atoms with Crippen LogP contribution in [0.1, 0.15) is 46.4 Å². The van der Waals surface area contributed by atoms with Gasteiger partial charge in [-0.1, -0.05) is 0 Å². The second kappa shape index (κ2) is 11.3. The van der Waals surface area contributed by atoms with Gasteiger partial charge in [-0.25, -0.2) is 14.8 Å². The molecular weight excluding hydrogens is 502 g/mol. The molecule has 2 aromatic rings. The Labute approximate surface area is 226 Å². The van der Waals surface area contributed by atoms with Gasteiger partial charge in [0.05, 0.1) is 17.4 Å². The number of nitriles is 1. The van der Waals surface area contributed by atoms with Gasteiger partial charge in [0.15, 0.2) is 6.29 Å². The number of aryl methyl sites for hydroxylation is 1. The number of hydrogen-bond acceptors (Lipinski definition) is 9. The topological polar surface area (TPSA) is 141 Å². The quantitative estimate of drug-likeness (QED) is 0.530. The van der Waals surface area contributed by atoms with E-state index in [1.165, 1.54) is 18.2 Å². The Morgan fingerprint density at radius 3 is 2.77 bits per heavy atom. The Balaban J connectivity index is 1.36. The fraction of sp³-hybridized carbons (Fsp3) is 0.481. The molecular formula is C27H31N7O5. The summed E-state index contributed by atoms with van der Waals surface area (Å²) < 4.78 is 10.7. The second-order valence-corrected chi connectivity index (χ2v) is 9.88. The number of pyridine rings is 2. The van der Waals surface area contributed by atoms with E-state index in [2.05, 4.69) is 26.3 Å².